The smallest absolute Gasteiger partial charge is 0.326 e. The van der Waals surface area contributed by atoms with Crippen LogP contribution in [0.25, 0.3) is 10.9 Å². The van der Waals surface area contributed by atoms with E-state index in [0.29, 0.717) is 41.3 Å². The number of nitrogens with two attached hydrogens (primary N) is 1. The molecule has 1 aromatic heterocycles. The van der Waals surface area contributed by atoms with Crippen molar-refractivity contribution >= 4 is 28.6 Å². The molecule has 3 N–H and O–H groups in total. The van der Waals surface area contributed by atoms with Crippen molar-refractivity contribution in [2.75, 3.05) is 31.4 Å². The molecule has 1 saturated heterocycles. The molecule has 1 aliphatic rings. The van der Waals surface area contributed by atoms with Crippen LogP contribution in [0.4, 0.5) is 11.8 Å². The minimum absolute atomic E-state index is 0.280. The van der Waals surface area contributed by atoms with Gasteiger partial charge in [0, 0.05) is 18.0 Å². The normalized spacial score (nSPS) is 17.5. The maximum atomic E-state index is 11.4. The van der Waals surface area contributed by atoms with Gasteiger partial charge in [0.05, 0.1) is 19.7 Å². The van der Waals surface area contributed by atoms with Gasteiger partial charge in [-0.15, -0.1) is 0 Å². The second-order valence-corrected chi connectivity index (χ2v) is 5.32. The Morgan fingerprint density at radius 3 is 2.65 bits per heavy atom. The van der Waals surface area contributed by atoms with Crippen LogP contribution in [0.2, 0.25) is 0 Å². The van der Waals surface area contributed by atoms with Crippen molar-refractivity contribution in [2.24, 2.45) is 0 Å². The van der Waals surface area contributed by atoms with Crippen molar-refractivity contribution in [3.05, 3.63) is 12.1 Å². The summed E-state index contributed by atoms with van der Waals surface area (Å²) in [6, 6.07) is 2.81. The highest BCUT2D eigenvalue weighted by atomic mass is 16.5. The van der Waals surface area contributed by atoms with E-state index < -0.39 is 12.0 Å². The number of nitrogens with zero attached hydrogens (tertiary/aromatic N) is 3. The Kier molecular flexibility index (Phi) is 3.81. The van der Waals surface area contributed by atoms with E-state index in [-0.39, 0.29) is 5.82 Å². The summed E-state index contributed by atoms with van der Waals surface area (Å²) in [5.41, 5.74) is 6.62. The molecule has 1 unspecified atom stereocenters. The van der Waals surface area contributed by atoms with Crippen LogP contribution in [0.1, 0.15) is 12.8 Å². The summed E-state index contributed by atoms with van der Waals surface area (Å²) in [4.78, 5) is 21.8. The molecule has 23 heavy (non-hydrogen) atoms. The Balaban J connectivity index is 2.12. The summed E-state index contributed by atoms with van der Waals surface area (Å²) < 4.78 is 10.5. The molecule has 8 heteroatoms. The second kappa shape index (κ2) is 5.79. The molecule has 1 aromatic carbocycles. The SMILES string of the molecule is COc1cc2nc(N3CCCC3C(=O)O)nc(N)c2cc1OC. The number of benzene rings is 1. The molecule has 0 saturated carbocycles. The summed E-state index contributed by atoms with van der Waals surface area (Å²) >= 11 is 0. The van der Waals surface area contributed by atoms with E-state index in [1.165, 1.54) is 14.2 Å². The van der Waals surface area contributed by atoms with Gasteiger partial charge >= 0.3 is 5.97 Å². The number of hydrogen-bond acceptors (Lipinski definition) is 7. The van der Waals surface area contributed by atoms with Crippen molar-refractivity contribution in [1.82, 2.24) is 9.97 Å². The number of fused-ring (bicyclic) bond motifs is 1. The summed E-state index contributed by atoms with van der Waals surface area (Å²) in [5, 5.41) is 9.95. The van der Waals surface area contributed by atoms with Crippen molar-refractivity contribution in [3.63, 3.8) is 0 Å². The first kappa shape index (κ1) is 15.1. The van der Waals surface area contributed by atoms with Crippen LogP contribution in [0.15, 0.2) is 12.1 Å². The molecule has 122 valence electrons. The Morgan fingerprint density at radius 1 is 1.30 bits per heavy atom. The average molecular weight is 318 g/mol. The van der Waals surface area contributed by atoms with Crippen LogP contribution in [0.5, 0.6) is 11.5 Å². The van der Waals surface area contributed by atoms with Gasteiger partial charge in [-0.05, 0) is 18.9 Å². The Bertz CT molecular complexity index is 765. The standard InChI is InChI=1S/C15H18N4O4/c1-22-11-6-8-9(7-12(11)23-2)17-15(18-13(8)16)19-5-3-4-10(19)14(20)21/h6-7,10H,3-5H2,1-2H3,(H,20,21)(H2,16,17,18). The number of carboxylic acids is 1. The average Bonchev–Trinajstić information content (AvgIpc) is 3.03. The molecule has 0 spiro atoms. The predicted molar refractivity (Wildman–Crippen MR) is 85.1 cm³/mol. The lowest BCUT2D eigenvalue weighted by molar-refractivity contribution is -0.138. The van der Waals surface area contributed by atoms with E-state index in [4.69, 9.17) is 15.2 Å². The second-order valence-electron chi connectivity index (χ2n) is 5.32. The van der Waals surface area contributed by atoms with Gasteiger partial charge in [-0.2, -0.15) is 4.98 Å². The third-order valence-electron chi connectivity index (χ3n) is 4.01. The fourth-order valence-electron chi connectivity index (χ4n) is 2.86. The van der Waals surface area contributed by atoms with Crippen LogP contribution in [-0.2, 0) is 4.79 Å². The largest absolute Gasteiger partial charge is 0.493 e. The third kappa shape index (κ3) is 2.56. The third-order valence-corrected chi connectivity index (χ3v) is 4.01. The van der Waals surface area contributed by atoms with Crippen LogP contribution < -0.4 is 20.1 Å². The highest BCUT2D eigenvalue weighted by molar-refractivity contribution is 5.92. The van der Waals surface area contributed by atoms with Crippen LogP contribution in [0, 0.1) is 0 Å². The Labute approximate surface area is 132 Å². The van der Waals surface area contributed by atoms with Crippen LogP contribution in [-0.4, -0.2) is 47.8 Å². The molecule has 2 aromatic rings. The van der Waals surface area contributed by atoms with E-state index in [2.05, 4.69) is 9.97 Å². The van der Waals surface area contributed by atoms with Gasteiger partial charge in [-0.3, -0.25) is 0 Å². The lowest BCUT2D eigenvalue weighted by Gasteiger charge is -2.22. The lowest BCUT2D eigenvalue weighted by atomic mass is 10.2. The maximum Gasteiger partial charge on any atom is 0.326 e. The van der Waals surface area contributed by atoms with Gasteiger partial charge in [-0.25, -0.2) is 9.78 Å². The highest BCUT2D eigenvalue weighted by Gasteiger charge is 2.32. The molecule has 3 rings (SSSR count). The minimum atomic E-state index is -0.878. The van der Waals surface area contributed by atoms with Crippen LogP contribution >= 0.6 is 0 Å². The first-order valence-corrected chi connectivity index (χ1v) is 7.24. The van der Waals surface area contributed by atoms with Crippen LogP contribution in [0.3, 0.4) is 0 Å². The molecule has 0 aliphatic carbocycles. The molecular weight excluding hydrogens is 300 g/mol. The van der Waals surface area contributed by atoms with Crippen molar-refractivity contribution in [2.45, 2.75) is 18.9 Å². The fraction of sp³-hybridized carbons (Fsp3) is 0.400. The Hall–Kier alpha value is -2.77. The summed E-state index contributed by atoms with van der Waals surface area (Å²) in [6.45, 7) is 0.592. The number of aromatic nitrogens is 2. The van der Waals surface area contributed by atoms with Gasteiger partial charge in [0.25, 0.3) is 0 Å². The maximum absolute atomic E-state index is 11.4. The minimum Gasteiger partial charge on any atom is -0.493 e. The number of aliphatic carboxylic acids is 1. The van der Waals surface area contributed by atoms with Gasteiger partial charge in [0.1, 0.15) is 11.9 Å². The monoisotopic (exact) mass is 318 g/mol. The molecular formula is C15H18N4O4. The van der Waals surface area contributed by atoms with Gasteiger partial charge < -0.3 is 25.2 Å². The fourth-order valence-corrected chi connectivity index (χ4v) is 2.86. The van der Waals surface area contributed by atoms with E-state index in [1.807, 2.05) is 0 Å². The van der Waals surface area contributed by atoms with E-state index >= 15 is 0 Å². The zero-order valence-corrected chi connectivity index (χ0v) is 12.9. The number of carbonyl (C=O) groups is 1. The van der Waals surface area contributed by atoms with Gasteiger partial charge in [0.2, 0.25) is 5.95 Å². The highest BCUT2D eigenvalue weighted by Crippen LogP contribution is 2.34. The number of rotatable bonds is 4. The zero-order valence-electron chi connectivity index (χ0n) is 12.9. The molecule has 1 atom stereocenters. The van der Waals surface area contributed by atoms with Crippen molar-refractivity contribution < 1.29 is 19.4 Å². The van der Waals surface area contributed by atoms with Crippen molar-refractivity contribution in [1.29, 1.82) is 0 Å². The first-order chi connectivity index (χ1) is 11.0. The molecule has 0 bridgehead atoms. The lowest BCUT2D eigenvalue weighted by Crippen LogP contribution is -2.37. The molecule has 2 heterocycles. The molecule has 1 fully saturated rings. The predicted octanol–water partition coefficient (Wildman–Crippen LogP) is 1.28. The molecule has 0 amide bonds. The first-order valence-electron chi connectivity index (χ1n) is 7.24. The van der Waals surface area contributed by atoms with Gasteiger partial charge in [-0.1, -0.05) is 0 Å². The quantitative estimate of drug-likeness (QED) is 0.867. The Morgan fingerprint density at radius 2 is 2.00 bits per heavy atom. The number of carboxylic acid groups (broad SMARTS) is 1. The number of methoxy groups -OCH3 is 2. The number of hydrogen-bond donors (Lipinski definition) is 2. The summed E-state index contributed by atoms with van der Waals surface area (Å²) in [6.07, 6.45) is 1.35. The van der Waals surface area contributed by atoms with E-state index in [1.54, 1.807) is 17.0 Å². The van der Waals surface area contributed by atoms with E-state index in [0.717, 1.165) is 6.42 Å². The van der Waals surface area contributed by atoms with E-state index in [9.17, 15) is 9.90 Å². The van der Waals surface area contributed by atoms with Crippen molar-refractivity contribution in [3.8, 4) is 11.5 Å². The number of anilines is 2. The number of ether oxygens (including phenoxy) is 2. The summed E-state index contributed by atoms with van der Waals surface area (Å²) in [7, 11) is 3.08. The molecule has 1 aliphatic heterocycles. The number of nitrogen functional groups attached to an aromatic ring is 1. The molecule has 0 radical (unpaired) electrons. The summed E-state index contributed by atoms with van der Waals surface area (Å²) in [5.74, 6) is 0.791. The zero-order chi connectivity index (χ0) is 16.6. The topological polar surface area (TPSA) is 111 Å². The molecule has 8 nitrogen and oxygen atoms in total. The van der Waals surface area contributed by atoms with Gasteiger partial charge in [0.15, 0.2) is 11.5 Å².